The van der Waals surface area contributed by atoms with Crippen LogP contribution in [0.1, 0.15) is 39.0 Å². The van der Waals surface area contributed by atoms with Crippen LogP contribution in [0.5, 0.6) is 0 Å². The molecule has 0 bridgehead atoms. The summed E-state index contributed by atoms with van der Waals surface area (Å²) >= 11 is 0. The molecule has 1 aliphatic heterocycles. The van der Waals surface area contributed by atoms with E-state index in [1.165, 1.54) is 0 Å². The smallest absolute Gasteiger partial charge is 0.311 e. The maximum Gasteiger partial charge on any atom is 0.323 e. The number of urea groups is 1. The SMILES string of the molecule is CCCCC1C(=N)NC(=O)N1C1CC1. The largest absolute Gasteiger partial charge is 0.323 e. The second-order valence-electron chi connectivity index (χ2n) is 4.14. The summed E-state index contributed by atoms with van der Waals surface area (Å²) in [5.41, 5.74) is 0. The molecule has 0 radical (unpaired) electrons. The molecule has 4 nitrogen and oxygen atoms in total. The van der Waals surface area contributed by atoms with Crippen LogP contribution in [0.25, 0.3) is 0 Å². The number of rotatable bonds is 4. The second kappa shape index (κ2) is 3.59. The summed E-state index contributed by atoms with van der Waals surface area (Å²) in [5.74, 6) is 0.398. The van der Waals surface area contributed by atoms with Crippen molar-refractivity contribution in [3.63, 3.8) is 0 Å². The summed E-state index contributed by atoms with van der Waals surface area (Å²) in [5, 5.41) is 10.3. The maximum atomic E-state index is 11.5. The molecular weight excluding hydrogens is 178 g/mol. The lowest BCUT2D eigenvalue weighted by Crippen LogP contribution is -2.36. The van der Waals surface area contributed by atoms with E-state index in [0.717, 1.165) is 32.1 Å². The molecule has 1 saturated heterocycles. The average Bonchev–Trinajstić information content (AvgIpc) is 2.91. The minimum absolute atomic E-state index is 0.0370. The molecule has 0 spiro atoms. The highest BCUT2D eigenvalue weighted by Gasteiger charge is 2.43. The number of amides is 2. The predicted octanol–water partition coefficient (Wildman–Crippen LogP) is 1.71. The van der Waals surface area contributed by atoms with E-state index in [1.54, 1.807) is 0 Å². The number of unbranched alkanes of at least 4 members (excludes halogenated alkanes) is 1. The molecule has 1 saturated carbocycles. The summed E-state index contributed by atoms with van der Waals surface area (Å²) in [6.07, 6.45) is 5.37. The van der Waals surface area contributed by atoms with Crippen LogP contribution >= 0.6 is 0 Å². The molecule has 2 rings (SSSR count). The van der Waals surface area contributed by atoms with Crippen molar-refractivity contribution in [2.45, 2.75) is 51.1 Å². The van der Waals surface area contributed by atoms with E-state index in [1.807, 2.05) is 4.90 Å². The van der Waals surface area contributed by atoms with Gasteiger partial charge in [0.1, 0.15) is 5.84 Å². The van der Waals surface area contributed by atoms with Gasteiger partial charge in [-0.05, 0) is 19.3 Å². The van der Waals surface area contributed by atoms with Gasteiger partial charge in [-0.25, -0.2) is 4.79 Å². The molecule has 0 aromatic carbocycles. The second-order valence-corrected chi connectivity index (χ2v) is 4.14. The van der Waals surface area contributed by atoms with Gasteiger partial charge < -0.3 is 4.90 Å². The maximum absolute atomic E-state index is 11.5. The average molecular weight is 195 g/mol. The van der Waals surface area contributed by atoms with Crippen molar-refractivity contribution in [1.29, 1.82) is 5.41 Å². The topological polar surface area (TPSA) is 56.2 Å². The summed E-state index contributed by atoms with van der Waals surface area (Å²) in [7, 11) is 0. The van der Waals surface area contributed by atoms with Crippen molar-refractivity contribution in [2.24, 2.45) is 0 Å². The Kier molecular flexibility index (Phi) is 2.44. The third-order valence-corrected chi connectivity index (χ3v) is 2.92. The van der Waals surface area contributed by atoms with Gasteiger partial charge in [-0.1, -0.05) is 19.8 Å². The van der Waals surface area contributed by atoms with Crippen LogP contribution in [-0.4, -0.2) is 28.9 Å². The summed E-state index contributed by atoms with van der Waals surface area (Å²) in [4.78, 5) is 13.4. The van der Waals surface area contributed by atoms with Crippen molar-refractivity contribution in [3.05, 3.63) is 0 Å². The van der Waals surface area contributed by atoms with Crippen LogP contribution < -0.4 is 5.32 Å². The number of nitrogens with one attached hydrogen (secondary N) is 2. The first-order chi connectivity index (χ1) is 6.74. The van der Waals surface area contributed by atoms with Crippen LogP contribution in [-0.2, 0) is 0 Å². The van der Waals surface area contributed by atoms with Crippen LogP contribution in [0.2, 0.25) is 0 Å². The summed E-state index contributed by atoms with van der Waals surface area (Å²) < 4.78 is 0. The third-order valence-electron chi connectivity index (χ3n) is 2.92. The third kappa shape index (κ3) is 1.61. The number of hydrogen-bond donors (Lipinski definition) is 2. The zero-order valence-corrected chi connectivity index (χ0v) is 8.55. The van der Waals surface area contributed by atoms with Gasteiger partial charge in [0.05, 0.1) is 6.04 Å². The molecule has 0 aromatic rings. The van der Waals surface area contributed by atoms with E-state index in [2.05, 4.69) is 12.2 Å². The van der Waals surface area contributed by atoms with Crippen LogP contribution in [0.4, 0.5) is 4.79 Å². The Morgan fingerprint density at radius 3 is 2.86 bits per heavy atom. The fourth-order valence-electron chi connectivity index (χ4n) is 2.00. The van der Waals surface area contributed by atoms with Gasteiger partial charge in [-0.3, -0.25) is 10.7 Å². The molecule has 78 valence electrons. The van der Waals surface area contributed by atoms with E-state index in [0.29, 0.717) is 11.9 Å². The first kappa shape index (κ1) is 9.49. The van der Waals surface area contributed by atoms with Gasteiger partial charge in [0.2, 0.25) is 0 Å². The molecule has 1 aliphatic carbocycles. The minimum Gasteiger partial charge on any atom is -0.311 e. The molecule has 14 heavy (non-hydrogen) atoms. The fraction of sp³-hybridized carbons (Fsp3) is 0.800. The van der Waals surface area contributed by atoms with Crippen LogP contribution in [0, 0.1) is 5.41 Å². The van der Waals surface area contributed by atoms with E-state index < -0.39 is 0 Å². The van der Waals surface area contributed by atoms with Gasteiger partial charge in [0.15, 0.2) is 0 Å². The molecule has 1 heterocycles. The van der Waals surface area contributed by atoms with Gasteiger partial charge >= 0.3 is 6.03 Å². The Labute approximate surface area is 84.2 Å². The number of hydrogen-bond acceptors (Lipinski definition) is 2. The van der Waals surface area contributed by atoms with Gasteiger partial charge in [-0.15, -0.1) is 0 Å². The van der Waals surface area contributed by atoms with Gasteiger partial charge in [0, 0.05) is 6.04 Å². The summed E-state index contributed by atoms with van der Waals surface area (Å²) in [6.45, 7) is 2.13. The molecule has 2 aliphatic rings. The Morgan fingerprint density at radius 1 is 1.57 bits per heavy atom. The number of carbonyl (C=O) groups excluding carboxylic acids is 1. The van der Waals surface area contributed by atoms with Crippen LogP contribution in [0.15, 0.2) is 0 Å². The van der Waals surface area contributed by atoms with Gasteiger partial charge in [0.25, 0.3) is 0 Å². The molecule has 2 fully saturated rings. The molecule has 2 N–H and O–H groups in total. The molecule has 1 atom stereocenters. The van der Waals surface area contributed by atoms with Crippen LogP contribution in [0.3, 0.4) is 0 Å². The molecule has 2 amide bonds. The number of amidine groups is 1. The number of nitrogens with zero attached hydrogens (tertiary/aromatic N) is 1. The lowest BCUT2D eigenvalue weighted by molar-refractivity contribution is 0.200. The monoisotopic (exact) mass is 195 g/mol. The predicted molar refractivity (Wildman–Crippen MR) is 54.4 cm³/mol. The molecule has 1 unspecified atom stereocenters. The highest BCUT2D eigenvalue weighted by Crippen LogP contribution is 2.32. The van der Waals surface area contributed by atoms with Crippen molar-refractivity contribution >= 4 is 11.9 Å². The van der Waals surface area contributed by atoms with E-state index >= 15 is 0 Å². The molecule has 4 heteroatoms. The summed E-state index contributed by atoms with van der Waals surface area (Å²) in [6, 6.07) is 0.397. The lowest BCUT2D eigenvalue weighted by Gasteiger charge is -2.21. The Bertz CT molecular complexity index is 260. The Hall–Kier alpha value is -1.06. The van der Waals surface area contributed by atoms with Crippen molar-refractivity contribution in [2.75, 3.05) is 0 Å². The normalized spacial score (nSPS) is 26.9. The first-order valence-corrected chi connectivity index (χ1v) is 5.41. The standard InChI is InChI=1S/C10H17N3O/c1-2-3-4-8-9(11)12-10(14)13(8)7-5-6-7/h7-8H,2-6H2,1H3,(H2,11,12,14). The van der Waals surface area contributed by atoms with E-state index in [-0.39, 0.29) is 12.1 Å². The zero-order valence-electron chi connectivity index (χ0n) is 8.55. The van der Waals surface area contributed by atoms with E-state index in [9.17, 15) is 4.79 Å². The van der Waals surface area contributed by atoms with Crippen molar-refractivity contribution < 1.29 is 4.79 Å². The quantitative estimate of drug-likeness (QED) is 0.705. The highest BCUT2D eigenvalue weighted by atomic mass is 16.2. The minimum atomic E-state index is -0.0568. The zero-order chi connectivity index (χ0) is 10.1. The van der Waals surface area contributed by atoms with E-state index in [4.69, 9.17) is 5.41 Å². The lowest BCUT2D eigenvalue weighted by atomic mass is 10.1. The van der Waals surface area contributed by atoms with Crippen molar-refractivity contribution in [3.8, 4) is 0 Å². The Balaban J connectivity index is 2.02. The van der Waals surface area contributed by atoms with Gasteiger partial charge in [-0.2, -0.15) is 0 Å². The van der Waals surface area contributed by atoms with Crippen molar-refractivity contribution in [1.82, 2.24) is 10.2 Å². The Morgan fingerprint density at radius 2 is 2.29 bits per heavy atom. The highest BCUT2D eigenvalue weighted by molar-refractivity contribution is 6.05. The fourth-order valence-corrected chi connectivity index (χ4v) is 2.00. The molecular formula is C10H17N3O. The molecule has 0 aromatic heterocycles. The number of carbonyl (C=O) groups is 1. The first-order valence-electron chi connectivity index (χ1n) is 5.41.